The molecular weight excluding hydrogens is 407 g/mol. The van der Waals surface area contributed by atoms with Crippen LogP contribution in [0.1, 0.15) is 24.0 Å². The van der Waals surface area contributed by atoms with Crippen molar-refractivity contribution in [3.05, 3.63) is 77.9 Å². The average Bonchev–Trinajstić information content (AvgIpc) is 3.25. The Kier molecular flexibility index (Phi) is 6.95. The number of alkyl halides is 1. The van der Waals surface area contributed by atoms with E-state index in [2.05, 4.69) is 66.0 Å². The zero-order valence-corrected chi connectivity index (χ0v) is 18.3. The number of unbranched alkanes of at least 4 members (excludes halogenated alkanes) is 1. The largest absolute Gasteiger partial charge is 0.497 e. The first kappa shape index (κ1) is 21.1. The molecule has 158 valence electrons. The molecule has 0 spiro atoms. The van der Waals surface area contributed by atoms with Crippen LogP contribution in [0.5, 0.6) is 5.75 Å². The Bertz CT molecular complexity index is 1150. The van der Waals surface area contributed by atoms with Crippen molar-refractivity contribution in [3.8, 4) is 16.3 Å². The fraction of sp³-hybridized carbons (Fsp3) is 0.192. The number of nitrogens with one attached hydrogen (secondary N) is 1. The van der Waals surface area contributed by atoms with E-state index in [1.807, 2.05) is 18.2 Å². The number of ether oxygens (including phenoxy) is 1. The minimum atomic E-state index is -0.248. The van der Waals surface area contributed by atoms with E-state index in [4.69, 9.17) is 9.72 Å². The highest BCUT2D eigenvalue weighted by Gasteiger charge is 2.07. The second-order valence-electron chi connectivity index (χ2n) is 7.25. The predicted molar refractivity (Wildman–Crippen MR) is 131 cm³/mol. The number of anilines is 1. The standard InChI is InChI=1S/C26H25FN2OS/c1-30-23-14-15-24-25(18-23)31-26(29-24)21-10-6-19(7-11-21)4-5-20-8-12-22(13-9-20)28-17-3-2-16-27/h4-15,18,28H,2-3,16-17H2,1H3/b5-4+. The van der Waals surface area contributed by atoms with Crippen LogP contribution >= 0.6 is 11.3 Å². The molecule has 0 radical (unpaired) electrons. The number of halogens is 1. The van der Waals surface area contributed by atoms with Crippen LogP contribution in [0.2, 0.25) is 0 Å². The third kappa shape index (κ3) is 5.50. The Balaban J connectivity index is 1.39. The van der Waals surface area contributed by atoms with E-state index in [9.17, 15) is 4.39 Å². The van der Waals surface area contributed by atoms with Crippen LogP contribution in [-0.2, 0) is 0 Å². The van der Waals surface area contributed by atoms with Gasteiger partial charge < -0.3 is 10.1 Å². The number of hydrogen-bond donors (Lipinski definition) is 1. The zero-order chi connectivity index (χ0) is 21.5. The van der Waals surface area contributed by atoms with E-state index in [0.717, 1.165) is 56.3 Å². The van der Waals surface area contributed by atoms with Crippen molar-refractivity contribution in [2.45, 2.75) is 12.8 Å². The Hall–Kier alpha value is -3.18. The van der Waals surface area contributed by atoms with Crippen molar-refractivity contribution in [2.24, 2.45) is 0 Å². The average molecular weight is 433 g/mol. The normalized spacial score (nSPS) is 11.3. The minimum absolute atomic E-state index is 0.248. The number of hydrogen-bond acceptors (Lipinski definition) is 4. The van der Waals surface area contributed by atoms with Gasteiger partial charge in [-0.15, -0.1) is 11.3 Å². The Morgan fingerprint density at radius 1 is 0.935 bits per heavy atom. The Morgan fingerprint density at radius 2 is 1.65 bits per heavy atom. The molecule has 0 aliphatic rings. The van der Waals surface area contributed by atoms with Crippen LogP contribution in [-0.4, -0.2) is 25.3 Å². The molecule has 0 saturated heterocycles. The molecular formula is C26H25FN2OS. The summed E-state index contributed by atoms with van der Waals surface area (Å²) in [5.74, 6) is 0.851. The van der Waals surface area contributed by atoms with Gasteiger partial charge in [0, 0.05) is 17.8 Å². The molecule has 5 heteroatoms. The van der Waals surface area contributed by atoms with E-state index >= 15 is 0 Å². The van der Waals surface area contributed by atoms with Crippen LogP contribution in [0.4, 0.5) is 10.1 Å². The number of benzene rings is 3. The number of fused-ring (bicyclic) bond motifs is 1. The van der Waals surface area contributed by atoms with E-state index < -0.39 is 0 Å². The maximum Gasteiger partial charge on any atom is 0.124 e. The van der Waals surface area contributed by atoms with Crippen molar-refractivity contribution in [1.29, 1.82) is 0 Å². The zero-order valence-electron chi connectivity index (χ0n) is 17.5. The van der Waals surface area contributed by atoms with Gasteiger partial charge in [-0.25, -0.2) is 4.98 Å². The highest BCUT2D eigenvalue weighted by Crippen LogP contribution is 2.32. The Morgan fingerprint density at radius 3 is 2.32 bits per heavy atom. The molecule has 0 aliphatic heterocycles. The summed E-state index contributed by atoms with van der Waals surface area (Å²) in [4.78, 5) is 4.74. The maximum atomic E-state index is 12.1. The second-order valence-corrected chi connectivity index (χ2v) is 8.28. The summed E-state index contributed by atoms with van der Waals surface area (Å²) < 4.78 is 18.6. The van der Waals surface area contributed by atoms with Gasteiger partial charge in [0.2, 0.25) is 0 Å². The molecule has 0 fully saturated rings. The first-order valence-corrected chi connectivity index (χ1v) is 11.2. The summed E-state index contributed by atoms with van der Waals surface area (Å²) in [5, 5.41) is 4.32. The SMILES string of the molecule is COc1ccc2nc(-c3ccc(/C=C/c4ccc(NCCCCF)cc4)cc3)sc2c1. The predicted octanol–water partition coefficient (Wildman–Crippen LogP) is 7.30. The molecule has 0 atom stereocenters. The van der Waals surface area contributed by atoms with Crippen LogP contribution in [0.25, 0.3) is 32.9 Å². The molecule has 1 aromatic heterocycles. The van der Waals surface area contributed by atoms with Crippen LogP contribution in [0, 0.1) is 0 Å². The van der Waals surface area contributed by atoms with Crippen LogP contribution < -0.4 is 10.1 Å². The lowest BCUT2D eigenvalue weighted by Crippen LogP contribution is -2.01. The van der Waals surface area contributed by atoms with Gasteiger partial charge in [0.1, 0.15) is 10.8 Å². The van der Waals surface area contributed by atoms with Gasteiger partial charge in [-0.1, -0.05) is 48.6 Å². The quantitative estimate of drug-likeness (QED) is 0.222. The number of aromatic nitrogens is 1. The number of rotatable bonds is 9. The molecule has 3 aromatic carbocycles. The van der Waals surface area contributed by atoms with E-state index in [-0.39, 0.29) is 6.67 Å². The summed E-state index contributed by atoms with van der Waals surface area (Å²) in [5.41, 5.74) is 5.44. The molecule has 0 saturated carbocycles. The summed E-state index contributed by atoms with van der Waals surface area (Å²) >= 11 is 1.67. The topological polar surface area (TPSA) is 34.1 Å². The van der Waals surface area contributed by atoms with Crippen molar-refractivity contribution in [1.82, 2.24) is 4.98 Å². The van der Waals surface area contributed by atoms with Crippen molar-refractivity contribution < 1.29 is 9.13 Å². The first-order valence-electron chi connectivity index (χ1n) is 10.4. The van der Waals surface area contributed by atoms with Crippen LogP contribution in [0.15, 0.2) is 66.7 Å². The van der Waals surface area contributed by atoms with E-state index in [1.54, 1.807) is 18.4 Å². The van der Waals surface area contributed by atoms with Gasteiger partial charge in [0.05, 0.1) is 24.0 Å². The fourth-order valence-electron chi connectivity index (χ4n) is 3.25. The molecule has 4 aromatic rings. The Labute approximate surface area is 186 Å². The highest BCUT2D eigenvalue weighted by atomic mass is 32.1. The molecule has 0 bridgehead atoms. The van der Waals surface area contributed by atoms with Gasteiger partial charge in [-0.05, 0) is 54.3 Å². The molecule has 4 rings (SSSR count). The fourth-order valence-corrected chi connectivity index (χ4v) is 4.25. The monoisotopic (exact) mass is 432 g/mol. The number of methoxy groups -OCH3 is 1. The minimum Gasteiger partial charge on any atom is -0.497 e. The third-order valence-corrected chi connectivity index (χ3v) is 6.09. The molecule has 0 amide bonds. The maximum absolute atomic E-state index is 12.1. The molecule has 1 N–H and O–H groups in total. The third-order valence-electron chi connectivity index (χ3n) is 5.02. The van der Waals surface area contributed by atoms with Gasteiger partial charge in [0.15, 0.2) is 0 Å². The van der Waals surface area contributed by atoms with Crippen molar-refractivity contribution in [3.63, 3.8) is 0 Å². The number of thiazole rings is 1. The van der Waals surface area contributed by atoms with Crippen molar-refractivity contribution >= 4 is 39.4 Å². The highest BCUT2D eigenvalue weighted by molar-refractivity contribution is 7.21. The van der Waals surface area contributed by atoms with Crippen molar-refractivity contribution in [2.75, 3.05) is 25.6 Å². The molecule has 3 nitrogen and oxygen atoms in total. The molecule has 0 aliphatic carbocycles. The lowest BCUT2D eigenvalue weighted by molar-refractivity contribution is 0.415. The van der Waals surface area contributed by atoms with Gasteiger partial charge in [-0.3, -0.25) is 4.39 Å². The smallest absolute Gasteiger partial charge is 0.124 e. The lowest BCUT2D eigenvalue weighted by Gasteiger charge is -2.05. The lowest BCUT2D eigenvalue weighted by atomic mass is 10.1. The summed E-state index contributed by atoms with van der Waals surface area (Å²) in [6.07, 6.45) is 5.67. The van der Waals surface area contributed by atoms with Gasteiger partial charge in [-0.2, -0.15) is 0 Å². The molecule has 1 heterocycles. The van der Waals surface area contributed by atoms with E-state index in [0.29, 0.717) is 6.42 Å². The van der Waals surface area contributed by atoms with Crippen LogP contribution in [0.3, 0.4) is 0 Å². The molecule has 31 heavy (non-hydrogen) atoms. The summed E-state index contributed by atoms with van der Waals surface area (Å²) in [7, 11) is 1.68. The van der Waals surface area contributed by atoms with Gasteiger partial charge in [0.25, 0.3) is 0 Å². The van der Waals surface area contributed by atoms with E-state index in [1.165, 1.54) is 0 Å². The summed E-state index contributed by atoms with van der Waals surface area (Å²) in [6, 6.07) is 22.7. The first-order chi connectivity index (χ1) is 15.2. The second kappa shape index (κ2) is 10.2. The molecule has 0 unspecified atom stereocenters. The number of nitrogens with zero attached hydrogens (tertiary/aromatic N) is 1. The van der Waals surface area contributed by atoms with Gasteiger partial charge >= 0.3 is 0 Å². The summed E-state index contributed by atoms with van der Waals surface area (Å²) in [6.45, 7) is 0.551.